The second-order valence-corrected chi connectivity index (χ2v) is 10.5. The summed E-state index contributed by atoms with van der Waals surface area (Å²) in [4.78, 5) is 28.6. The number of nitrogens with zero attached hydrogens (tertiary/aromatic N) is 1. The molecule has 2 atom stereocenters. The number of carbonyl (C=O) groups is 2. The third kappa shape index (κ3) is 3.44. The van der Waals surface area contributed by atoms with Gasteiger partial charge in [-0.2, -0.15) is 0 Å². The maximum atomic E-state index is 13.4. The second-order valence-electron chi connectivity index (χ2n) is 10.5. The van der Waals surface area contributed by atoms with E-state index in [1.165, 1.54) is 22.3 Å². The first kappa shape index (κ1) is 21.7. The summed E-state index contributed by atoms with van der Waals surface area (Å²) >= 11 is 0. The molecule has 7 rings (SSSR count). The number of ether oxygens (including phenoxy) is 2. The van der Waals surface area contributed by atoms with Crippen molar-refractivity contribution in [2.45, 2.75) is 50.1 Å². The number of benzene rings is 3. The van der Waals surface area contributed by atoms with Crippen LogP contribution < -0.4 is 4.74 Å². The topological polar surface area (TPSA) is 55.8 Å². The molecule has 3 aromatic carbocycles. The average Bonchev–Trinajstić information content (AvgIpc) is 3.59. The van der Waals surface area contributed by atoms with Crippen LogP contribution in [0.4, 0.5) is 4.79 Å². The number of rotatable bonds is 4. The molecule has 0 N–H and O–H groups in total. The van der Waals surface area contributed by atoms with Gasteiger partial charge in [0.15, 0.2) is 5.78 Å². The Morgan fingerprint density at radius 1 is 0.889 bits per heavy atom. The van der Waals surface area contributed by atoms with Crippen molar-refractivity contribution in [3.05, 3.63) is 89.0 Å². The molecule has 1 amide bonds. The van der Waals surface area contributed by atoms with Crippen LogP contribution in [0.1, 0.15) is 58.6 Å². The van der Waals surface area contributed by atoms with E-state index in [1.807, 2.05) is 23.1 Å². The Morgan fingerprint density at radius 3 is 2.25 bits per heavy atom. The van der Waals surface area contributed by atoms with Crippen LogP contribution in [-0.2, 0) is 11.2 Å². The molecule has 182 valence electrons. The Hall–Kier alpha value is -3.60. The van der Waals surface area contributed by atoms with E-state index in [1.54, 1.807) is 0 Å². The Kier molecular flexibility index (Phi) is 5.12. The van der Waals surface area contributed by atoms with Crippen LogP contribution in [-0.4, -0.2) is 42.1 Å². The molecule has 2 saturated heterocycles. The second kappa shape index (κ2) is 8.51. The van der Waals surface area contributed by atoms with Gasteiger partial charge in [0.05, 0.1) is 6.61 Å². The van der Waals surface area contributed by atoms with Crippen molar-refractivity contribution >= 4 is 11.9 Å². The molecule has 0 radical (unpaired) electrons. The molecule has 2 unspecified atom stereocenters. The summed E-state index contributed by atoms with van der Waals surface area (Å²) in [6, 6.07) is 22.8. The molecular formula is C31H29NO4. The Balaban J connectivity index is 1.04. The third-order valence-corrected chi connectivity index (χ3v) is 8.62. The monoisotopic (exact) mass is 479 g/mol. The van der Waals surface area contributed by atoms with Gasteiger partial charge in [-0.15, -0.1) is 0 Å². The van der Waals surface area contributed by atoms with Gasteiger partial charge in [-0.1, -0.05) is 48.5 Å². The van der Waals surface area contributed by atoms with Gasteiger partial charge < -0.3 is 14.4 Å². The van der Waals surface area contributed by atoms with Crippen LogP contribution in [0.15, 0.2) is 66.7 Å². The van der Waals surface area contributed by atoms with Crippen molar-refractivity contribution in [2.24, 2.45) is 5.92 Å². The van der Waals surface area contributed by atoms with Crippen molar-refractivity contribution in [1.82, 2.24) is 4.90 Å². The van der Waals surface area contributed by atoms with Crippen LogP contribution in [0.2, 0.25) is 0 Å². The molecule has 4 aliphatic rings. The molecule has 0 aromatic heterocycles. The van der Waals surface area contributed by atoms with Crippen LogP contribution in [0.3, 0.4) is 0 Å². The molecule has 2 bridgehead atoms. The van der Waals surface area contributed by atoms with Gasteiger partial charge in [-0.3, -0.25) is 4.79 Å². The minimum Gasteiger partial charge on any atom is -0.493 e. The molecule has 0 saturated carbocycles. The zero-order chi connectivity index (χ0) is 24.2. The maximum Gasteiger partial charge on any atom is 0.410 e. The van der Waals surface area contributed by atoms with Gasteiger partial charge in [-0.25, -0.2) is 4.79 Å². The first-order valence-corrected chi connectivity index (χ1v) is 13.1. The van der Waals surface area contributed by atoms with E-state index in [9.17, 15) is 9.59 Å². The number of fused-ring (bicyclic) bond motifs is 6. The van der Waals surface area contributed by atoms with Gasteiger partial charge in [0, 0.05) is 35.9 Å². The average molecular weight is 480 g/mol. The molecule has 0 spiro atoms. The smallest absolute Gasteiger partial charge is 0.410 e. The lowest BCUT2D eigenvalue weighted by Gasteiger charge is -2.37. The first-order valence-electron chi connectivity index (χ1n) is 13.1. The summed E-state index contributed by atoms with van der Waals surface area (Å²) < 4.78 is 11.6. The zero-order valence-electron chi connectivity index (χ0n) is 20.2. The van der Waals surface area contributed by atoms with Crippen molar-refractivity contribution in [3.8, 4) is 16.9 Å². The van der Waals surface area contributed by atoms with Gasteiger partial charge in [-0.05, 0) is 71.7 Å². The fourth-order valence-corrected chi connectivity index (χ4v) is 6.93. The molecule has 3 aliphatic heterocycles. The van der Waals surface area contributed by atoms with Crippen molar-refractivity contribution in [2.75, 3.05) is 13.2 Å². The predicted octanol–water partition coefficient (Wildman–Crippen LogP) is 6.00. The van der Waals surface area contributed by atoms with Crippen LogP contribution in [0.5, 0.6) is 5.75 Å². The minimum atomic E-state index is -0.232. The summed E-state index contributed by atoms with van der Waals surface area (Å²) in [5.41, 5.74) is 6.80. The standard InChI is InChI=1S/C31H29NO4/c33-30(20-9-12-29-19(15-20)13-14-35-29)21-16-22-10-11-23(17-21)32(22)31(34)36-18-28-26-7-3-1-5-24(26)25-6-2-4-8-27(25)28/h1-9,12,15,21-23,28H,10-11,13-14,16-18H2. The highest BCUT2D eigenvalue weighted by molar-refractivity contribution is 5.98. The van der Waals surface area contributed by atoms with Gasteiger partial charge in [0.1, 0.15) is 12.4 Å². The number of hydrogen-bond acceptors (Lipinski definition) is 4. The Morgan fingerprint density at radius 2 is 1.56 bits per heavy atom. The fourth-order valence-electron chi connectivity index (χ4n) is 6.93. The van der Waals surface area contributed by atoms with Crippen molar-refractivity contribution in [1.29, 1.82) is 0 Å². The number of piperidine rings is 1. The molecule has 2 fully saturated rings. The first-order chi connectivity index (χ1) is 17.7. The lowest BCUT2D eigenvalue weighted by Crippen LogP contribution is -2.48. The molecule has 3 aromatic rings. The quantitative estimate of drug-likeness (QED) is 0.431. The van der Waals surface area contributed by atoms with E-state index in [4.69, 9.17) is 9.47 Å². The van der Waals surface area contributed by atoms with Crippen molar-refractivity contribution in [3.63, 3.8) is 0 Å². The SMILES string of the molecule is O=C(c1ccc2c(c1)CCO2)C1CC2CCC(C1)N2C(=O)OCC1c2ccccc2-c2ccccc21. The Bertz CT molecular complexity index is 1300. The highest BCUT2D eigenvalue weighted by Crippen LogP contribution is 2.45. The van der Waals surface area contributed by atoms with Gasteiger partial charge in [0.25, 0.3) is 0 Å². The Labute approximate surface area is 211 Å². The van der Waals surface area contributed by atoms with E-state index < -0.39 is 0 Å². The largest absolute Gasteiger partial charge is 0.493 e. The molecule has 36 heavy (non-hydrogen) atoms. The highest BCUT2D eigenvalue weighted by atomic mass is 16.6. The zero-order valence-corrected chi connectivity index (χ0v) is 20.2. The highest BCUT2D eigenvalue weighted by Gasteiger charge is 2.46. The molecule has 5 heteroatoms. The predicted molar refractivity (Wildman–Crippen MR) is 136 cm³/mol. The van der Waals surface area contributed by atoms with E-state index in [-0.39, 0.29) is 35.8 Å². The molecule has 1 aliphatic carbocycles. The number of amides is 1. The number of ketones is 1. The van der Waals surface area contributed by atoms with Gasteiger partial charge >= 0.3 is 6.09 Å². The summed E-state index contributed by atoms with van der Waals surface area (Å²) in [7, 11) is 0. The van der Waals surface area contributed by atoms with E-state index in [0.717, 1.165) is 36.1 Å². The van der Waals surface area contributed by atoms with E-state index in [0.29, 0.717) is 26.1 Å². The van der Waals surface area contributed by atoms with Crippen LogP contribution >= 0.6 is 0 Å². The number of Topliss-reactive ketones (excluding diaryl/α,β-unsaturated/α-hetero) is 1. The summed E-state index contributed by atoms with van der Waals surface area (Å²) in [5, 5.41) is 0. The van der Waals surface area contributed by atoms with E-state index in [2.05, 4.69) is 48.5 Å². The van der Waals surface area contributed by atoms with Crippen LogP contribution in [0, 0.1) is 5.92 Å². The van der Waals surface area contributed by atoms with Crippen LogP contribution in [0.25, 0.3) is 11.1 Å². The third-order valence-electron chi connectivity index (χ3n) is 8.62. The van der Waals surface area contributed by atoms with Gasteiger partial charge in [0.2, 0.25) is 0 Å². The summed E-state index contributed by atoms with van der Waals surface area (Å²) in [6.07, 6.45) is 3.94. The minimum absolute atomic E-state index is 0.0412. The molecular weight excluding hydrogens is 450 g/mol. The summed E-state index contributed by atoms with van der Waals surface area (Å²) in [5.74, 6) is 1.12. The van der Waals surface area contributed by atoms with E-state index >= 15 is 0 Å². The number of hydrogen-bond donors (Lipinski definition) is 0. The normalized spacial score (nSPS) is 23.6. The van der Waals surface area contributed by atoms with Crippen molar-refractivity contribution < 1.29 is 19.1 Å². The lowest BCUT2D eigenvalue weighted by atomic mass is 9.84. The summed E-state index contributed by atoms with van der Waals surface area (Å²) in [6.45, 7) is 1.03. The lowest BCUT2D eigenvalue weighted by molar-refractivity contribution is 0.0506. The maximum absolute atomic E-state index is 13.4. The molecule has 5 nitrogen and oxygen atoms in total. The fraction of sp³-hybridized carbons (Fsp3) is 0.355. The molecule has 3 heterocycles. The number of carbonyl (C=O) groups excluding carboxylic acids is 2.